The van der Waals surface area contributed by atoms with Crippen molar-refractivity contribution < 1.29 is 23.9 Å². The van der Waals surface area contributed by atoms with Crippen LogP contribution in [0.5, 0.6) is 5.75 Å². The molecule has 6 N–H and O–H groups in total. The molecule has 0 radical (unpaired) electrons. The van der Waals surface area contributed by atoms with Crippen LogP contribution < -0.4 is 31.7 Å². The van der Waals surface area contributed by atoms with Crippen molar-refractivity contribution in [3.05, 3.63) is 29.3 Å². The quantitative estimate of drug-likeness (QED) is 0.224. The second-order valence-electron chi connectivity index (χ2n) is 11.2. The number of ether oxygens (including phenoxy) is 1. The molecule has 2 saturated heterocycles. The van der Waals surface area contributed by atoms with Crippen molar-refractivity contribution in [3.63, 3.8) is 0 Å². The molecule has 208 valence electrons. The lowest BCUT2D eigenvalue weighted by Crippen LogP contribution is -2.54. The molecular weight excluding hydrogens is 486 g/mol. The Morgan fingerprint density at radius 2 is 1.84 bits per heavy atom. The van der Waals surface area contributed by atoms with E-state index in [0.717, 1.165) is 11.3 Å². The normalized spacial score (nSPS) is 25.6. The van der Waals surface area contributed by atoms with Crippen LogP contribution >= 0.6 is 0 Å². The van der Waals surface area contributed by atoms with Crippen LogP contribution in [-0.4, -0.2) is 61.5 Å². The van der Waals surface area contributed by atoms with Gasteiger partial charge in [-0.3, -0.25) is 19.2 Å². The maximum atomic E-state index is 13.5. The third kappa shape index (κ3) is 6.28. The number of carbonyl (C=O) groups is 4. The van der Waals surface area contributed by atoms with E-state index in [-0.39, 0.29) is 36.0 Å². The number of hydrogen-bond donors (Lipinski definition) is 5. The molecule has 10 heteroatoms. The smallest absolute Gasteiger partial charge is 0.243 e. The fraction of sp³-hybridized carbons (Fsp3) is 0.643. The molecule has 1 aromatic rings. The summed E-state index contributed by atoms with van der Waals surface area (Å²) in [6.45, 7) is 6.44. The van der Waals surface area contributed by atoms with Gasteiger partial charge in [-0.2, -0.15) is 0 Å². The second kappa shape index (κ2) is 11.7. The molecule has 38 heavy (non-hydrogen) atoms. The van der Waals surface area contributed by atoms with Crippen molar-refractivity contribution in [2.24, 2.45) is 23.5 Å². The number of fused-ring (bicyclic) bond motifs is 1. The molecule has 4 rings (SSSR count). The Morgan fingerprint density at radius 1 is 1.13 bits per heavy atom. The molecule has 2 heterocycles. The summed E-state index contributed by atoms with van der Waals surface area (Å²) in [5.41, 5.74) is 7.83. The fourth-order valence-corrected chi connectivity index (χ4v) is 5.59. The first-order valence-corrected chi connectivity index (χ1v) is 13.7. The van der Waals surface area contributed by atoms with Gasteiger partial charge >= 0.3 is 0 Å². The van der Waals surface area contributed by atoms with E-state index >= 15 is 0 Å². The molecule has 1 saturated carbocycles. The Kier molecular flexibility index (Phi) is 8.60. The van der Waals surface area contributed by atoms with Crippen LogP contribution in [0.2, 0.25) is 0 Å². The molecule has 4 amide bonds. The van der Waals surface area contributed by atoms with Gasteiger partial charge in [0.2, 0.25) is 23.6 Å². The molecule has 0 bridgehead atoms. The first-order valence-electron chi connectivity index (χ1n) is 13.7. The summed E-state index contributed by atoms with van der Waals surface area (Å²) in [4.78, 5) is 50.9. The van der Waals surface area contributed by atoms with Crippen molar-refractivity contribution in [2.75, 3.05) is 13.7 Å². The zero-order chi connectivity index (χ0) is 27.6. The summed E-state index contributed by atoms with van der Waals surface area (Å²) < 4.78 is 5.65. The van der Waals surface area contributed by atoms with Crippen LogP contribution in [0.4, 0.5) is 0 Å². The topological polar surface area (TPSA) is 162 Å². The highest BCUT2D eigenvalue weighted by molar-refractivity contribution is 5.92. The zero-order valence-corrected chi connectivity index (χ0v) is 22.7. The Morgan fingerprint density at radius 3 is 2.37 bits per heavy atom. The third-order valence-corrected chi connectivity index (χ3v) is 8.04. The number of nitrogens with one attached hydrogen (secondary N) is 4. The SMILES string of the molecule is CCC(Cc1c(OC)cccc1C1C2NC21)C(=O)NC(CC(C)C)C(=O)NC(CC1CCNC1=O)C(N)=O. The molecule has 1 aliphatic carbocycles. The van der Waals surface area contributed by atoms with Crippen LogP contribution in [0.3, 0.4) is 0 Å². The number of methoxy groups -OCH3 is 1. The molecule has 10 nitrogen and oxygen atoms in total. The summed E-state index contributed by atoms with van der Waals surface area (Å²) in [7, 11) is 1.64. The predicted molar refractivity (Wildman–Crippen MR) is 142 cm³/mol. The lowest BCUT2D eigenvalue weighted by Gasteiger charge is -2.26. The van der Waals surface area contributed by atoms with Gasteiger partial charge in [0.15, 0.2) is 0 Å². The maximum Gasteiger partial charge on any atom is 0.243 e. The van der Waals surface area contributed by atoms with Gasteiger partial charge in [-0.15, -0.1) is 0 Å². The summed E-state index contributed by atoms with van der Waals surface area (Å²) in [5, 5.41) is 11.8. The minimum absolute atomic E-state index is 0.119. The Balaban J connectivity index is 1.44. The zero-order valence-electron chi connectivity index (χ0n) is 22.7. The molecule has 0 aromatic heterocycles. The lowest BCUT2D eigenvalue weighted by molar-refractivity contribution is -0.133. The number of amides is 4. The van der Waals surface area contributed by atoms with Crippen LogP contribution in [0.25, 0.3) is 0 Å². The van der Waals surface area contributed by atoms with Gasteiger partial charge in [0.05, 0.1) is 7.11 Å². The highest BCUT2D eigenvalue weighted by Crippen LogP contribution is 2.54. The largest absolute Gasteiger partial charge is 0.496 e. The van der Waals surface area contributed by atoms with Crippen LogP contribution in [0.15, 0.2) is 18.2 Å². The van der Waals surface area contributed by atoms with Crippen molar-refractivity contribution in [2.45, 2.75) is 83.0 Å². The third-order valence-electron chi connectivity index (χ3n) is 8.04. The highest BCUT2D eigenvalue weighted by Gasteiger charge is 2.65. The molecular formula is C28H41N5O5. The van der Waals surface area contributed by atoms with E-state index in [1.165, 1.54) is 5.56 Å². The van der Waals surface area contributed by atoms with E-state index in [9.17, 15) is 19.2 Å². The van der Waals surface area contributed by atoms with Crippen LogP contribution in [-0.2, 0) is 25.6 Å². The average Bonchev–Trinajstić information content (AvgIpc) is 3.76. The van der Waals surface area contributed by atoms with Gasteiger partial charge < -0.3 is 31.7 Å². The van der Waals surface area contributed by atoms with Crippen LogP contribution in [0.1, 0.15) is 63.5 Å². The Bertz CT molecular complexity index is 1070. The van der Waals surface area contributed by atoms with Gasteiger partial charge in [-0.25, -0.2) is 0 Å². The van der Waals surface area contributed by atoms with Gasteiger partial charge in [0.1, 0.15) is 17.8 Å². The number of benzene rings is 1. The van der Waals surface area contributed by atoms with Gasteiger partial charge in [0, 0.05) is 36.4 Å². The summed E-state index contributed by atoms with van der Waals surface area (Å²) in [6, 6.07) is 5.28. The van der Waals surface area contributed by atoms with E-state index in [1.807, 2.05) is 32.9 Å². The number of carbonyl (C=O) groups excluding carboxylic acids is 4. The average molecular weight is 528 g/mol. The summed E-state index contributed by atoms with van der Waals surface area (Å²) in [6.07, 6.45) is 2.23. The van der Waals surface area contributed by atoms with E-state index in [2.05, 4.69) is 27.3 Å². The maximum absolute atomic E-state index is 13.5. The summed E-state index contributed by atoms with van der Waals surface area (Å²) in [5.74, 6) is -0.892. The molecule has 2 aliphatic heterocycles. The molecule has 6 unspecified atom stereocenters. The first kappa shape index (κ1) is 27.9. The minimum Gasteiger partial charge on any atom is -0.496 e. The van der Waals surface area contributed by atoms with Crippen LogP contribution in [0, 0.1) is 17.8 Å². The van der Waals surface area contributed by atoms with Gasteiger partial charge in [-0.1, -0.05) is 32.9 Å². The standard InChI is InChI=1S/C28H41N5O5/c1-5-15(12-18-17(22-23-24(22)33-23)7-6-8-21(18)38-4)27(36)32-20(11-14(2)3)28(37)31-19(25(29)34)13-16-9-10-30-26(16)35/h6-8,14-16,19-20,22-24,33H,5,9-13H2,1-4H3,(H2,29,34)(H,30,35)(H,31,37)(H,32,36). The molecule has 6 atom stereocenters. The monoisotopic (exact) mass is 527 g/mol. The molecule has 3 fully saturated rings. The fourth-order valence-electron chi connectivity index (χ4n) is 5.59. The number of nitrogens with two attached hydrogens (primary N) is 1. The minimum atomic E-state index is -0.986. The van der Waals surface area contributed by atoms with Gasteiger partial charge in [-0.05, 0) is 55.2 Å². The van der Waals surface area contributed by atoms with E-state index in [4.69, 9.17) is 10.5 Å². The predicted octanol–water partition coefficient (Wildman–Crippen LogP) is 0.729. The summed E-state index contributed by atoms with van der Waals surface area (Å²) >= 11 is 0. The highest BCUT2D eigenvalue weighted by atomic mass is 16.5. The van der Waals surface area contributed by atoms with Gasteiger partial charge in [0.25, 0.3) is 0 Å². The van der Waals surface area contributed by atoms with Crippen molar-refractivity contribution >= 4 is 23.6 Å². The molecule has 1 aromatic carbocycles. The van der Waals surface area contributed by atoms with Crippen molar-refractivity contribution in [1.29, 1.82) is 0 Å². The molecule has 0 spiro atoms. The first-order chi connectivity index (χ1) is 18.1. The Hall–Kier alpha value is -3.14. The number of hydrogen-bond acceptors (Lipinski definition) is 6. The number of rotatable bonds is 14. The van der Waals surface area contributed by atoms with E-state index < -0.39 is 23.9 Å². The lowest BCUT2D eigenvalue weighted by atomic mass is 9.89. The van der Waals surface area contributed by atoms with E-state index in [1.54, 1.807) is 7.11 Å². The second-order valence-corrected chi connectivity index (χ2v) is 11.2. The Labute approximate surface area is 224 Å². The van der Waals surface area contributed by atoms with Crippen molar-refractivity contribution in [1.82, 2.24) is 21.3 Å². The van der Waals surface area contributed by atoms with Crippen molar-refractivity contribution in [3.8, 4) is 5.75 Å². The van der Waals surface area contributed by atoms with E-state index in [0.29, 0.717) is 50.2 Å². The number of primary amides is 1. The molecule has 3 aliphatic rings.